The number of hydrogen-bond donors (Lipinski definition) is 1. The van der Waals surface area contributed by atoms with E-state index in [-0.39, 0.29) is 17.2 Å². The minimum absolute atomic E-state index is 0.118. The molecule has 8 heteroatoms. The molecule has 2 rings (SSSR count). The lowest BCUT2D eigenvalue weighted by Crippen LogP contribution is -2.37. The van der Waals surface area contributed by atoms with E-state index in [1.54, 1.807) is 20.3 Å². The number of fused-ring (bicyclic) bond motifs is 1. The summed E-state index contributed by atoms with van der Waals surface area (Å²) in [5.74, 6) is 0.0915. The lowest BCUT2D eigenvalue weighted by molar-refractivity contribution is -0.118. The fourth-order valence-corrected chi connectivity index (χ4v) is 3.54. The van der Waals surface area contributed by atoms with Gasteiger partial charge in [-0.15, -0.1) is 11.8 Å². The Hall–Kier alpha value is -2.09. The molecule has 0 atom stereocenters. The molecule has 0 bridgehead atoms. The van der Waals surface area contributed by atoms with Gasteiger partial charge in [0.05, 0.1) is 11.1 Å². The first-order chi connectivity index (χ1) is 11.4. The molecule has 0 aromatic carbocycles. The Morgan fingerprint density at radius 3 is 2.62 bits per heavy atom. The predicted octanol–water partition coefficient (Wildman–Crippen LogP) is 0.813. The Morgan fingerprint density at radius 2 is 2.00 bits per heavy atom. The van der Waals surface area contributed by atoms with Crippen LogP contribution in [-0.2, 0) is 25.3 Å². The number of unbranched alkanes of at least 4 members (excludes halogenated alkanes) is 1. The van der Waals surface area contributed by atoms with Gasteiger partial charge >= 0.3 is 5.69 Å². The molecular formula is C16H22N4O3S. The van der Waals surface area contributed by atoms with E-state index in [0.29, 0.717) is 11.0 Å². The van der Waals surface area contributed by atoms with Crippen molar-refractivity contribution in [1.29, 1.82) is 0 Å². The van der Waals surface area contributed by atoms with E-state index in [9.17, 15) is 14.4 Å². The van der Waals surface area contributed by atoms with Gasteiger partial charge in [-0.25, -0.2) is 9.78 Å². The molecular weight excluding hydrogens is 328 g/mol. The van der Waals surface area contributed by atoms with Crippen LogP contribution in [0.5, 0.6) is 0 Å². The number of amides is 1. The first-order valence-corrected chi connectivity index (χ1v) is 8.81. The van der Waals surface area contributed by atoms with E-state index in [0.717, 1.165) is 34.3 Å². The van der Waals surface area contributed by atoms with Gasteiger partial charge < -0.3 is 5.32 Å². The van der Waals surface area contributed by atoms with Gasteiger partial charge in [-0.3, -0.25) is 18.7 Å². The maximum atomic E-state index is 12.7. The third-order valence-electron chi connectivity index (χ3n) is 3.92. The maximum absolute atomic E-state index is 12.7. The highest BCUT2D eigenvalue weighted by atomic mass is 32.2. The quantitative estimate of drug-likeness (QED) is 0.779. The van der Waals surface area contributed by atoms with Crippen LogP contribution in [0.2, 0.25) is 0 Å². The normalized spacial score (nSPS) is 11.0. The second-order valence-electron chi connectivity index (χ2n) is 5.58. The van der Waals surface area contributed by atoms with Crippen molar-refractivity contribution in [3.05, 3.63) is 32.6 Å². The van der Waals surface area contributed by atoms with Crippen LogP contribution in [0.3, 0.4) is 0 Å². The lowest BCUT2D eigenvalue weighted by Gasteiger charge is -2.14. The van der Waals surface area contributed by atoms with Crippen LogP contribution in [0.4, 0.5) is 0 Å². The highest BCUT2D eigenvalue weighted by Crippen LogP contribution is 2.29. The topological polar surface area (TPSA) is 86.0 Å². The first kappa shape index (κ1) is 18.3. The van der Waals surface area contributed by atoms with Crippen LogP contribution < -0.4 is 16.6 Å². The van der Waals surface area contributed by atoms with Crippen LogP contribution >= 0.6 is 11.8 Å². The van der Waals surface area contributed by atoms with Crippen LogP contribution in [0.1, 0.15) is 25.3 Å². The molecule has 0 spiro atoms. The minimum Gasteiger partial charge on any atom is -0.358 e. The number of thioether (sulfide) groups is 1. The maximum Gasteiger partial charge on any atom is 0.332 e. The van der Waals surface area contributed by atoms with Gasteiger partial charge in [-0.05, 0) is 18.4 Å². The summed E-state index contributed by atoms with van der Waals surface area (Å²) in [6.45, 7) is 2.09. The van der Waals surface area contributed by atoms with Crippen LogP contribution in [0, 0.1) is 0 Å². The Morgan fingerprint density at radius 1 is 1.29 bits per heavy atom. The molecule has 2 heterocycles. The predicted molar refractivity (Wildman–Crippen MR) is 95.6 cm³/mol. The Balaban J connectivity index is 2.72. The molecule has 24 heavy (non-hydrogen) atoms. The van der Waals surface area contributed by atoms with E-state index in [2.05, 4.69) is 17.2 Å². The SMILES string of the molecule is CCCCc1cnc2c(c1SCC(=O)NC)c(=O)n(C)c(=O)n2C. The number of nitrogens with one attached hydrogen (secondary N) is 1. The Bertz CT molecular complexity index is 885. The van der Waals surface area contributed by atoms with Crippen molar-refractivity contribution in [2.24, 2.45) is 14.1 Å². The third-order valence-corrected chi connectivity index (χ3v) is 5.08. The van der Waals surface area contributed by atoms with Gasteiger partial charge in [-0.1, -0.05) is 13.3 Å². The van der Waals surface area contributed by atoms with Crippen molar-refractivity contribution in [2.75, 3.05) is 12.8 Å². The van der Waals surface area contributed by atoms with E-state index in [4.69, 9.17) is 0 Å². The molecule has 0 aliphatic heterocycles. The number of aromatic nitrogens is 3. The van der Waals surface area contributed by atoms with E-state index in [1.807, 2.05) is 0 Å². The van der Waals surface area contributed by atoms with Crippen molar-refractivity contribution in [3.63, 3.8) is 0 Å². The molecule has 7 nitrogen and oxygen atoms in total. The van der Waals surface area contributed by atoms with Crippen LogP contribution in [0.25, 0.3) is 11.0 Å². The van der Waals surface area contributed by atoms with E-state index >= 15 is 0 Å². The standard InChI is InChI=1S/C16H22N4O3S/c1-5-6-7-10-8-18-14-12(13(10)24-9-11(21)17-2)15(22)20(4)16(23)19(14)3/h8H,5-7,9H2,1-4H3,(H,17,21). The molecule has 0 fully saturated rings. The third kappa shape index (κ3) is 3.38. The number of pyridine rings is 1. The van der Waals surface area contributed by atoms with Gasteiger partial charge in [0.1, 0.15) is 5.65 Å². The molecule has 0 saturated heterocycles. The van der Waals surface area contributed by atoms with Gasteiger partial charge in [0.25, 0.3) is 5.56 Å². The fraction of sp³-hybridized carbons (Fsp3) is 0.500. The molecule has 1 amide bonds. The zero-order valence-corrected chi connectivity index (χ0v) is 15.2. The number of hydrogen-bond acceptors (Lipinski definition) is 5. The number of nitrogens with zero attached hydrogens (tertiary/aromatic N) is 3. The summed E-state index contributed by atoms with van der Waals surface area (Å²) in [4.78, 5) is 41.5. The van der Waals surface area contributed by atoms with Crippen molar-refractivity contribution in [2.45, 2.75) is 31.1 Å². The van der Waals surface area contributed by atoms with Crippen LogP contribution in [0.15, 0.2) is 20.7 Å². The second-order valence-corrected chi connectivity index (χ2v) is 6.57. The van der Waals surface area contributed by atoms with Crippen molar-refractivity contribution < 1.29 is 4.79 Å². The molecule has 0 unspecified atom stereocenters. The zero-order chi connectivity index (χ0) is 17.9. The van der Waals surface area contributed by atoms with E-state index < -0.39 is 5.69 Å². The molecule has 1 N–H and O–H groups in total. The smallest absolute Gasteiger partial charge is 0.332 e. The van der Waals surface area contributed by atoms with Crippen LogP contribution in [-0.4, -0.2) is 32.8 Å². The molecule has 0 aliphatic carbocycles. The van der Waals surface area contributed by atoms with E-state index in [1.165, 1.54) is 23.4 Å². The number of carbonyl (C=O) groups is 1. The lowest BCUT2D eigenvalue weighted by atomic mass is 10.1. The van der Waals surface area contributed by atoms with Crippen molar-refractivity contribution >= 4 is 28.7 Å². The molecule has 2 aromatic heterocycles. The van der Waals surface area contributed by atoms with Gasteiger partial charge in [0, 0.05) is 32.2 Å². The number of rotatable bonds is 6. The average Bonchev–Trinajstić information content (AvgIpc) is 2.60. The van der Waals surface area contributed by atoms with Gasteiger partial charge in [0.2, 0.25) is 5.91 Å². The molecule has 0 saturated carbocycles. The molecule has 0 radical (unpaired) electrons. The molecule has 130 valence electrons. The van der Waals surface area contributed by atoms with Crippen molar-refractivity contribution in [1.82, 2.24) is 19.4 Å². The second kappa shape index (κ2) is 7.65. The number of aryl methyl sites for hydroxylation is 2. The summed E-state index contributed by atoms with van der Waals surface area (Å²) in [5, 5.41) is 2.98. The van der Waals surface area contributed by atoms with Gasteiger partial charge in [-0.2, -0.15) is 0 Å². The Labute approximate surface area is 144 Å². The fourth-order valence-electron chi connectivity index (χ4n) is 2.46. The summed E-state index contributed by atoms with van der Waals surface area (Å²) in [6, 6.07) is 0. The summed E-state index contributed by atoms with van der Waals surface area (Å²) >= 11 is 1.32. The van der Waals surface area contributed by atoms with Gasteiger partial charge in [0.15, 0.2) is 0 Å². The molecule has 2 aromatic rings. The summed E-state index contributed by atoms with van der Waals surface area (Å²) < 4.78 is 2.45. The summed E-state index contributed by atoms with van der Waals surface area (Å²) in [5.41, 5.74) is 0.499. The minimum atomic E-state index is -0.413. The van der Waals surface area contributed by atoms with Crippen molar-refractivity contribution in [3.8, 4) is 0 Å². The first-order valence-electron chi connectivity index (χ1n) is 7.83. The highest BCUT2D eigenvalue weighted by Gasteiger charge is 2.18. The molecule has 0 aliphatic rings. The zero-order valence-electron chi connectivity index (χ0n) is 14.4. The highest BCUT2D eigenvalue weighted by molar-refractivity contribution is 8.00. The monoisotopic (exact) mass is 350 g/mol. The number of carbonyl (C=O) groups excluding carboxylic acids is 1. The summed E-state index contributed by atoms with van der Waals surface area (Å²) in [6.07, 6.45) is 4.47. The summed E-state index contributed by atoms with van der Waals surface area (Å²) in [7, 11) is 4.63. The average molecular weight is 350 g/mol. The Kier molecular flexibility index (Phi) is 5.82. The largest absolute Gasteiger partial charge is 0.358 e.